The number of nitrogens with zero attached hydrogens (tertiary/aromatic N) is 3. The third-order valence-electron chi connectivity index (χ3n) is 5.16. The number of carbonyl (C=O) groups excluding carboxylic acids is 2. The highest BCUT2D eigenvalue weighted by molar-refractivity contribution is 5.79. The fourth-order valence-electron chi connectivity index (χ4n) is 3.83. The van der Waals surface area contributed by atoms with Crippen LogP contribution in [0.4, 0.5) is 0 Å². The number of aliphatic hydroxyl groups is 1. The van der Waals surface area contributed by atoms with Gasteiger partial charge in [-0.1, -0.05) is 6.42 Å². The molecule has 2 rings (SSSR count). The van der Waals surface area contributed by atoms with Crippen molar-refractivity contribution in [2.24, 2.45) is 0 Å². The molecule has 0 spiro atoms. The summed E-state index contributed by atoms with van der Waals surface area (Å²) < 4.78 is 0. The molecule has 2 fully saturated rings. The van der Waals surface area contributed by atoms with Crippen molar-refractivity contribution in [1.82, 2.24) is 20.0 Å². The minimum absolute atomic E-state index is 0.0393. The Balaban J connectivity index is 1.74. The molecule has 2 aliphatic rings. The first-order valence-electron chi connectivity index (χ1n) is 9.94. The van der Waals surface area contributed by atoms with Crippen LogP contribution in [0.5, 0.6) is 0 Å². The molecule has 0 aromatic rings. The van der Waals surface area contributed by atoms with Crippen molar-refractivity contribution in [1.29, 1.82) is 0 Å². The second-order valence-corrected chi connectivity index (χ2v) is 8.59. The van der Waals surface area contributed by atoms with Gasteiger partial charge in [-0.15, -0.1) is 0 Å². The molecule has 2 N–H and O–H groups in total. The zero-order valence-corrected chi connectivity index (χ0v) is 16.7. The van der Waals surface area contributed by atoms with Gasteiger partial charge < -0.3 is 15.3 Å². The molecule has 2 heterocycles. The molecule has 1 unspecified atom stereocenters. The van der Waals surface area contributed by atoms with E-state index in [1.54, 1.807) is 0 Å². The first-order valence-corrected chi connectivity index (χ1v) is 9.94. The molecule has 7 heteroatoms. The lowest BCUT2D eigenvalue weighted by Gasteiger charge is -2.39. The number of rotatable bonds is 6. The van der Waals surface area contributed by atoms with Crippen LogP contribution in [0.2, 0.25) is 0 Å². The van der Waals surface area contributed by atoms with Gasteiger partial charge in [-0.2, -0.15) is 0 Å². The zero-order valence-electron chi connectivity index (χ0n) is 16.7. The Bertz CT molecular complexity index is 468. The normalized spacial score (nSPS) is 23.1. The number of nitrogens with one attached hydrogen (secondary N) is 1. The Morgan fingerprint density at radius 1 is 1.04 bits per heavy atom. The van der Waals surface area contributed by atoms with Gasteiger partial charge in [0.25, 0.3) is 0 Å². The molecule has 0 bridgehead atoms. The summed E-state index contributed by atoms with van der Waals surface area (Å²) in [6.07, 6.45) is 4.14. The van der Waals surface area contributed by atoms with Gasteiger partial charge in [-0.3, -0.25) is 19.4 Å². The fraction of sp³-hybridized carbons (Fsp3) is 0.895. The molecule has 0 saturated carbocycles. The second kappa shape index (κ2) is 9.67. The van der Waals surface area contributed by atoms with Gasteiger partial charge in [0.05, 0.1) is 13.1 Å². The zero-order chi connectivity index (χ0) is 19.2. The van der Waals surface area contributed by atoms with E-state index in [1.165, 1.54) is 6.42 Å². The highest BCUT2D eigenvalue weighted by Gasteiger charge is 2.28. The third-order valence-corrected chi connectivity index (χ3v) is 5.16. The predicted octanol–water partition coefficient (Wildman–Crippen LogP) is 0.282. The lowest BCUT2D eigenvalue weighted by atomic mass is 9.99. The van der Waals surface area contributed by atoms with Crippen LogP contribution in [-0.2, 0) is 9.59 Å². The topological polar surface area (TPSA) is 76.1 Å². The lowest BCUT2D eigenvalue weighted by Crippen LogP contribution is -2.55. The van der Waals surface area contributed by atoms with Gasteiger partial charge in [-0.25, -0.2) is 0 Å². The standard InChI is InChI=1S/C19H36N4O3/c1-19(2,3)20-17(25)14-21-9-11-22(12-10-21)18(26)15-23-8-5-4-6-16(23)7-13-24/h16,24H,4-15H2,1-3H3,(H,20,25). The maximum absolute atomic E-state index is 12.7. The summed E-state index contributed by atoms with van der Waals surface area (Å²) >= 11 is 0. The van der Waals surface area contributed by atoms with E-state index >= 15 is 0 Å². The van der Waals surface area contributed by atoms with E-state index in [-0.39, 0.29) is 24.0 Å². The van der Waals surface area contributed by atoms with Crippen molar-refractivity contribution >= 4 is 11.8 Å². The van der Waals surface area contributed by atoms with E-state index in [4.69, 9.17) is 0 Å². The quantitative estimate of drug-likeness (QED) is 0.704. The minimum Gasteiger partial charge on any atom is -0.396 e. The van der Waals surface area contributed by atoms with Gasteiger partial charge in [0, 0.05) is 44.4 Å². The first-order chi connectivity index (χ1) is 12.3. The Kier molecular flexibility index (Phi) is 7.85. The van der Waals surface area contributed by atoms with Crippen molar-refractivity contribution in [2.45, 2.75) is 58.0 Å². The van der Waals surface area contributed by atoms with E-state index in [2.05, 4.69) is 15.1 Å². The van der Waals surface area contributed by atoms with Crippen molar-refractivity contribution in [3.8, 4) is 0 Å². The smallest absolute Gasteiger partial charge is 0.236 e. The largest absolute Gasteiger partial charge is 0.396 e. The van der Waals surface area contributed by atoms with Crippen LogP contribution in [0.25, 0.3) is 0 Å². The summed E-state index contributed by atoms with van der Waals surface area (Å²) in [6, 6.07) is 0.333. The number of piperidine rings is 1. The average molecular weight is 369 g/mol. The van der Waals surface area contributed by atoms with Gasteiger partial charge in [-0.05, 0) is 46.6 Å². The number of piperazine rings is 1. The number of amides is 2. The Labute approximate surface area is 157 Å². The van der Waals surface area contributed by atoms with E-state index in [0.29, 0.717) is 32.2 Å². The van der Waals surface area contributed by atoms with Crippen molar-refractivity contribution < 1.29 is 14.7 Å². The summed E-state index contributed by atoms with van der Waals surface area (Å²) in [5.41, 5.74) is -0.214. The highest BCUT2D eigenvalue weighted by atomic mass is 16.3. The van der Waals surface area contributed by atoms with E-state index in [1.807, 2.05) is 25.7 Å². The first kappa shape index (κ1) is 21.1. The molecule has 1 atom stereocenters. The van der Waals surface area contributed by atoms with E-state index < -0.39 is 0 Å². The van der Waals surface area contributed by atoms with Gasteiger partial charge in [0.1, 0.15) is 0 Å². The molecule has 7 nitrogen and oxygen atoms in total. The summed E-state index contributed by atoms with van der Waals surface area (Å²) in [4.78, 5) is 31.0. The number of hydrogen-bond acceptors (Lipinski definition) is 5. The van der Waals surface area contributed by atoms with Crippen LogP contribution in [0, 0.1) is 0 Å². The van der Waals surface area contributed by atoms with Crippen LogP contribution in [-0.4, -0.2) is 95.6 Å². The molecule has 150 valence electrons. The number of aliphatic hydroxyl groups excluding tert-OH is 1. The van der Waals surface area contributed by atoms with Crippen LogP contribution in [0.15, 0.2) is 0 Å². The molecule has 2 saturated heterocycles. The molecule has 2 aliphatic heterocycles. The highest BCUT2D eigenvalue weighted by Crippen LogP contribution is 2.19. The molecule has 0 aromatic carbocycles. The molecule has 2 amide bonds. The molecule has 26 heavy (non-hydrogen) atoms. The van der Waals surface area contributed by atoms with E-state index in [0.717, 1.165) is 38.9 Å². The molecular formula is C19H36N4O3. The minimum atomic E-state index is -0.214. The number of hydrogen-bond donors (Lipinski definition) is 2. The molecule has 0 aliphatic carbocycles. The maximum Gasteiger partial charge on any atom is 0.236 e. The molecule has 0 aromatic heterocycles. The van der Waals surface area contributed by atoms with Gasteiger partial charge >= 0.3 is 0 Å². The summed E-state index contributed by atoms with van der Waals surface area (Å²) in [5.74, 6) is 0.214. The second-order valence-electron chi connectivity index (χ2n) is 8.59. The molecule has 0 radical (unpaired) electrons. The predicted molar refractivity (Wildman–Crippen MR) is 102 cm³/mol. The number of likely N-dealkylation sites (tertiary alicyclic amines) is 1. The monoisotopic (exact) mass is 368 g/mol. The van der Waals surface area contributed by atoms with Crippen LogP contribution in [0.3, 0.4) is 0 Å². The average Bonchev–Trinajstić information content (AvgIpc) is 2.55. The van der Waals surface area contributed by atoms with Crippen molar-refractivity contribution in [3.63, 3.8) is 0 Å². The Hall–Kier alpha value is -1.18. The Morgan fingerprint density at radius 2 is 1.73 bits per heavy atom. The summed E-state index contributed by atoms with van der Waals surface area (Å²) in [6.45, 7) is 10.8. The number of carbonyl (C=O) groups is 2. The fourth-order valence-corrected chi connectivity index (χ4v) is 3.83. The molecular weight excluding hydrogens is 332 g/mol. The van der Waals surface area contributed by atoms with Crippen LogP contribution in [0.1, 0.15) is 46.5 Å². The van der Waals surface area contributed by atoms with Crippen molar-refractivity contribution in [3.05, 3.63) is 0 Å². The van der Waals surface area contributed by atoms with Gasteiger partial charge in [0.2, 0.25) is 11.8 Å². The van der Waals surface area contributed by atoms with Crippen LogP contribution >= 0.6 is 0 Å². The van der Waals surface area contributed by atoms with Crippen molar-refractivity contribution in [2.75, 3.05) is 52.4 Å². The summed E-state index contributed by atoms with van der Waals surface area (Å²) in [7, 11) is 0. The third kappa shape index (κ3) is 6.85. The lowest BCUT2D eigenvalue weighted by molar-refractivity contribution is -0.135. The van der Waals surface area contributed by atoms with Gasteiger partial charge in [0.15, 0.2) is 0 Å². The SMILES string of the molecule is CC(C)(C)NC(=O)CN1CCN(C(=O)CN2CCCCC2CCO)CC1. The maximum atomic E-state index is 12.7. The van der Waals surface area contributed by atoms with E-state index in [9.17, 15) is 14.7 Å². The Morgan fingerprint density at radius 3 is 2.35 bits per heavy atom. The van der Waals surface area contributed by atoms with Crippen LogP contribution < -0.4 is 5.32 Å². The summed E-state index contributed by atoms with van der Waals surface area (Å²) in [5, 5.41) is 12.2.